The lowest BCUT2D eigenvalue weighted by Crippen LogP contribution is -2.16. The normalized spacial score (nSPS) is 10.9. The highest BCUT2D eigenvalue weighted by molar-refractivity contribution is 6.07. The third kappa shape index (κ3) is 3.57. The lowest BCUT2D eigenvalue weighted by molar-refractivity contribution is -0.147. The number of rotatable bonds is 5. The molecule has 0 fully saturated rings. The Balaban J connectivity index is 1.56. The monoisotopic (exact) mass is 378 g/mol. The van der Waals surface area contributed by atoms with Crippen LogP contribution < -0.4 is 10.4 Å². The number of para-hydroxylation sites is 1. The number of carbonyl (C=O) groups excluding carboxylic acids is 1. The number of fused-ring (bicyclic) bond motifs is 3. The topological polar surface area (TPSA) is 65.7 Å². The molecule has 0 N–H and O–H groups in total. The molecular formula is C22H15FO5. The zero-order valence-corrected chi connectivity index (χ0v) is 14.7. The summed E-state index contributed by atoms with van der Waals surface area (Å²) in [7, 11) is 0. The van der Waals surface area contributed by atoms with Crippen molar-refractivity contribution in [1.29, 1.82) is 0 Å². The third-order valence-corrected chi connectivity index (χ3v) is 4.29. The molecule has 0 radical (unpaired) electrons. The van der Waals surface area contributed by atoms with Gasteiger partial charge in [-0.15, -0.1) is 0 Å². The fourth-order valence-electron chi connectivity index (χ4n) is 3.03. The molecule has 0 atom stereocenters. The molecule has 28 heavy (non-hydrogen) atoms. The minimum absolute atomic E-state index is 0.0313. The lowest BCUT2D eigenvalue weighted by Gasteiger charge is -2.10. The van der Waals surface area contributed by atoms with Crippen LogP contribution in [0, 0.1) is 5.82 Å². The molecule has 6 heteroatoms. The van der Waals surface area contributed by atoms with E-state index < -0.39 is 24.0 Å². The second-order valence-electron chi connectivity index (χ2n) is 6.13. The largest absolute Gasteiger partial charge is 0.479 e. The maximum absolute atomic E-state index is 13.5. The van der Waals surface area contributed by atoms with E-state index in [1.807, 2.05) is 30.3 Å². The summed E-state index contributed by atoms with van der Waals surface area (Å²) in [5.41, 5.74) is 0.415. The van der Waals surface area contributed by atoms with Crippen LogP contribution in [0.1, 0.15) is 5.56 Å². The summed E-state index contributed by atoms with van der Waals surface area (Å²) in [6.45, 7) is -0.573. The van der Waals surface area contributed by atoms with Crippen LogP contribution in [0.5, 0.6) is 5.75 Å². The number of carbonyl (C=O) groups is 1. The molecule has 1 aromatic heterocycles. The first-order valence-electron chi connectivity index (χ1n) is 8.59. The molecule has 0 aliphatic carbocycles. The van der Waals surface area contributed by atoms with Gasteiger partial charge in [-0.25, -0.2) is 14.0 Å². The Morgan fingerprint density at radius 2 is 1.79 bits per heavy atom. The molecule has 4 rings (SSSR count). The van der Waals surface area contributed by atoms with Crippen LogP contribution in [0.2, 0.25) is 0 Å². The van der Waals surface area contributed by atoms with Crippen LogP contribution in [0.4, 0.5) is 4.39 Å². The van der Waals surface area contributed by atoms with E-state index in [2.05, 4.69) is 0 Å². The van der Waals surface area contributed by atoms with Crippen molar-refractivity contribution >= 4 is 27.7 Å². The van der Waals surface area contributed by atoms with Gasteiger partial charge in [-0.3, -0.25) is 0 Å². The van der Waals surface area contributed by atoms with Gasteiger partial charge in [0.05, 0.1) is 0 Å². The smallest absolute Gasteiger partial charge is 0.344 e. The molecule has 0 amide bonds. The summed E-state index contributed by atoms with van der Waals surface area (Å²) >= 11 is 0. The Hall–Kier alpha value is -3.67. The molecule has 0 aliphatic heterocycles. The van der Waals surface area contributed by atoms with Gasteiger partial charge in [0.15, 0.2) is 18.2 Å². The average molecular weight is 378 g/mol. The van der Waals surface area contributed by atoms with Crippen molar-refractivity contribution in [1.82, 2.24) is 0 Å². The average Bonchev–Trinajstić information content (AvgIpc) is 2.71. The number of benzene rings is 3. The van der Waals surface area contributed by atoms with Crippen molar-refractivity contribution in [3.63, 3.8) is 0 Å². The van der Waals surface area contributed by atoms with Crippen molar-refractivity contribution in [2.45, 2.75) is 6.61 Å². The van der Waals surface area contributed by atoms with Gasteiger partial charge in [0.2, 0.25) is 0 Å². The molecule has 3 aromatic carbocycles. The minimum atomic E-state index is -0.676. The summed E-state index contributed by atoms with van der Waals surface area (Å²) in [4.78, 5) is 23.9. The molecular weight excluding hydrogens is 363 g/mol. The van der Waals surface area contributed by atoms with E-state index >= 15 is 0 Å². The molecule has 0 aliphatic rings. The fraction of sp³-hybridized carbons (Fsp3) is 0.0909. The first kappa shape index (κ1) is 17.7. The van der Waals surface area contributed by atoms with Gasteiger partial charge >= 0.3 is 11.6 Å². The van der Waals surface area contributed by atoms with Gasteiger partial charge in [0.25, 0.3) is 0 Å². The minimum Gasteiger partial charge on any atom is -0.479 e. The number of hydrogen-bond donors (Lipinski definition) is 0. The van der Waals surface area contributed by atoms with E-state index in [0.717, 1.165) is 10.8 Å². The standard InChI is InChI=1S/C22H15FO5/c23-17-7-3-4-8-18(17)26-13-21(25)27-12-15-11-20(24)28-19-10-9-14-5-1-2-6-16(14)22(15)19/h1-11H,12-13H2. The molecule has 4 aromatic rings. The lowest BCUT2D eigenvalue weighted by atomic mass is 10.0. The molecule has 140 valence electrons. The third-order valence-electron chi connectivity index (χ3n) is 4.29. The predicted molar refractivity (Wildman–Crippen MR) is 102 cm³/mol. The van der Waals surface area contributed by atoms with Gasteiger partial charge < -0.3 is 13.9 Å². The fourth-order valence-corrected chi connectivity index (χ4v) is 3.03. The van der Waals surface area contributed by atoms with Gasteiger partial charge in [-0.05, 0) is 29.0 Å². The van der Waals surface area contributed by atoms with Crippen LogP contribution in [-0.4, -0.2) is 12.6 Å². The van der Waals surface area contributed by atoms with E-state index in [1.54, 1.807) is 12.1 Å². The molecule has 0 saturated carbocycles. The summed E-state index contributed by atoms with van der Waals surface area (Å²) in [5.74, 6) is -1.27. The number of ether oxygens (including phenoxy) is 2. The second-order valence-corrected chi connectivity index (χ2v) is 6.13. The first-order chi connectivity index (χ1) is 13.6. The number of esters is 1. The van der Waals surface area contributed by atoms with Crippen molar-refractivity contribution in [3.05, 3.63) is 88.5 Å². The SMILES string of the molecule is O=C(COc1ccccc1F)OCc1cc(=O)oc2ccc3ccccc3c12. The van der Waals surface area contributed by atoms with Crippen molar-refractivity contribution in [2.75, 3.05) is 6.61 Å². The maximum atomic E-state index is 13.5. The van der Waals surface area contributed by atoms with Gasteiger partial charge in [-0.2, -0.15) is 0 Å². The van der Waals surface area contributed by atoms with Crippen molar-refractivity contribution < 1.29 is 23.1 Å². The van der Waals surface area contributed by atoms with Gasteiger partial charge in [0.1, 0.15) is 12.2 Å². The van der Waals surface area contributed by atoms with Crippen LogP contribution >= 0.6 is 0 Å². The molecule has 0 bridgehead atoms. The van der Waals surface area contributed by atoms with E-state index in [4.69, 9.17) is 13.9 Å². The second kappa shape index (κ2) is 7.52. The molecule has 0 unspecified atom stereocenters. The van der Waals surface area contributed by atoms with Crippen LogP contribution in [-0.2, 0) is 16.1 Å². The first-order valence-corrected chi connectivity index (χ1v) is 8.59. The van der Waals surface area contributed by atoms with Crippen molar-refractivity contribution in [2.24, 2.45) is 0 Å². The Morgan fingerprint density at radius 1 is 1.00 bits per heavy atom. The van der Waals surface area contributed by atoms with Gasteiger partial charge in [-0.1, -0.05) is 42.5 Å². The summed E-state index contributed by atoms with van der Waals surface area (Å²) in [6, 6.07) is 18.3. The number of halogens is 1. The van der Waals surface area contributed by atoms with E-state index in [-0.39, 0.29) is 12.4 Å². The quantitative estimate of drug-likeness (QED) is 0.296. The highest BCUT2D eigenvalue weighted by Crippen LogP contribution is 2.27. The Morgan fingerprint density at radius 3 is 2.64 bits per heavy atom. The van der Waals surface area contributed by atoms with Crippen LogP contribution in [0.3, 0.4) is 0 Å². The summed E-state index contributed by atoms with van der Waals surface area (Å²) < 4.78 is 29.2. The van der Waals surface area contributed by atoms with Gasteiger partial charge in [0, 0.05) is 17.0 Å². The number of hydrogen-bond acceptors (Lipinski definition) is 5. The highest BCUT2D eigenvalue weighted by atomic mass is 19.1. The van der Waals surface area contributed by atoms with Crippen LogP contribution in [0.15, 0.2) is 75.9 Å². The van der Waals surface area contributed by atoms with Crippen LogP contribution in [0.25, 0.3) is 21.7 Å². The predicted octanol–water partition coefficient (Wildman–Crippen LogP) is 4.21. The summed E-state index contributed by atoms with van der Waals surface area (Å²) in [6.07, 6.45) is 0. The zero-order valence-electron chi connectivity index (χ0n) is 14.7. The Kier molecular flexibility index (Phi) is 4.76. The molecule has 1 heterocycles. The zero-order chi connectivity index (χ0) is 19.5. The van der Waals surface area contributed by atoms with E-state index in [0.29, 0.717) is 16.5 Å². The van der Waals surface area contributed by atoms with E-state index in [1.165, 1.54) is 24.3 Å². The highest BCUT2D eigenvalue weighted by Gasteiger charge is 2.13. The maximum Gasteiger partial charge on any atom is 0.344 e. The molecule has 5 nitrogen and oxygen atoms in total. The molecule has 0 saturated heterocycles. The molecule has 0 spiro atoms. The Labute approximate surface area is 158 Å². The Bertz CT molecular complexity index is 1230. The summed E-state index contributed by atoms with van der Waals surface area (Å²) in [5, 5.41) is 2.57. The van der Waals surface area contributed by atoms with Crippen molar-refractivity contribution in [3.8, 4) is 5.75 Å². The van der Waals surface area contributed by atoms with E-state index in [9.17, 15) is 14.0 Å².